The molecule has 0 radical (unpaired) electrons. The molecule has 26 heavy (non-hydrogen) atoms. The lowest BCUT2D eigenvalue weighted by molar-refractivity contribution is 0.302. The molecule has 134 valence electrons. The number of hydrogen-bond donors (Lipinski definition) is 0. The lowest BCUT2D eigenvalue weighted by Gasteiger charge is -2.15. The van der Waals surface area contributed by atoms with Crippen molar-refractivity contribution >= 4 is 15.9 Å². The Labute approximate surface area is 159 Å². The zero-order valence-electron chi connectivity index (χ0n) is 14.6. The molecule has 4 rings (SSSR count). The Bertz CT molecular complexity index is 1020. The third kappa shape index (κ3) is 3.19. The number of ether oxygens (including phenoxy) is 1. The average Bonchev–Trinajstić information content (AvgIpc) is 3.41. The fourth-order valence-corrected chi connectivity index (χ4v) is 3.67. The third-order valence-electron chi connectivity index (χ3n) is 4.61. The minimum atomic E-state index is -0.268. The second-order valence-electron chi connectivity index (χ2n) is 6.64. The summed E-state index contributed by atoms with van der Waals surface area (Å²) in [6, 6.07) is 12.0. The van der Waals surface area contributed by atoms with Gasteiger partial charge in [0.2, 0.25) is 0 Å². The normalized spacial score (nSPS) is 13.8. The maximum Gasteiger partial charge on any atom is 0.368 e. The van der Waals surface area contributed by atoms with Crippen LogP contribution in [-0.2, 0) is 13.7 Å². The maximum atomic E-state index is 12.3. The smallest absolute Gasteiger partial charge is 0.368 e. The fourth-order valence-electron chi connectivity index (χ4n) is 3.06. The van der Waals surface area contributed by atoms with Crippen molar-refractivity contribution in [2.24, 2.45) is 7.05 Å². The summed E-state index contributed by atoms with van der Waals surface area (Å²) in [4.78, 5) is 12.3. The van der Waals surface area contributed by atoms with Gasteiger partial charge in [-0.25, -0.2) is 4.79 Å². The number of aromatic nitrogens is 4. The number of tetrazole rings is 1. The van der Waals surface area contributed by atoms with Crippen LogP contribution in [0.2, 0.25) is 0 Å². The molecule has 3 aromatic rings. The lowest BCUT2D eigenvalue weighted by atomic mass is 10.0. The highest BCUT2D eigenvalue weighted by Crippen LogP contribution is 2.43. The van der Waals surface area contributed by atoms with Crippen molar-refractivity contribution in [2.75, 3.05) is 0 Å². The topological polar surface area (TPSA) is 61.9 Å². The molecular weight excluding hydrogens is 396 g/mol. The SMILES string of the molecule is Cc1ccc(OCc2c(C3CC3)cccc2-n2nnn(C)c2=O)c(Br)c1. The Morgan fingerprint density at radius 3 is 2.69 bits per heavy atom. The van der Waals surface area contributed by atoms with Crippen LogP contribution in [0.4, 0.5) is 0 Å². The van der Waals surface area contributed by atoms with Crippen LogP contribution in [0.25, 0.3) is 5.69 Å². The molecule has 1 aromatic heterocycles. The summed E-state index contributed by atoms with van der Waals surface area (Å²) in [6.07, 6.45) is 2.33. The molecule has 7 heteroatoms. The van der Waals surface area contributed by atoms with Crippen LogP contribution in [0.5, 0.6) is 5.75 Å². The van der Waals surface area contributed by atoms with Crippen molar-refractivity contribution in [2.45, 2.75) is 32.3 Å². The van der Waals surface area contributed by atoms with Crippen LogP contribution in [0.3, 0.4) is 0 Å². The zero-order valence-corrected chi connectivity index (χ0v) is 16.2. The minimum Gasteiger partial charge on any atom is -0.488 e. The first-order valence-electron chi connectivity index (χ1n) is 8.54. The highest BCUT2D eigenvalue weighted by molar-refractivity contribution is 9.10. The minimum absolute atomic E-state index is 0.268. The van der Waals surface area contributed by atoms with E-state index in [1.807, 2.05) is 37.3 Å². The van der Waals surface area contributed by atoms with Gasteiger partial charge in [0.15, 0.2) is 0 Å². The number of halogens is 1. The molecule has 1 fully saturated rings. The van der Waals surface area contributed by atoms with Gasteiger partial charge in [-0.2, -0.15) is 9.36 Å². The van der Waals surface area contributed by atoms with E-state index in [1.54, 1.807) is 7.05 Å². The molecule has 0 spiro atoms. The van der Waals surface area contributed by atoms with Crippen molar-refractivity contribution in [1.82, 2.24) is 19.8 Å². The Kier molecular flexibility index (Phi) is 4.40. The van der Waals surface area contributed by atoms with Gasteiger partial charge in [-0.3, -0.25) is 0 Å². The van der Waals surface area contributed by atoms with Crippen molar-refractivity contribution in [3.8, 4) is 11.4 Å². The summed E-state index contributed by atoms with van der Waals surface area (Å²) in [7, 11) is 1.59. The van der Waals surface area contributed by atoms with Crippen molar-refractivity contribution in [1.29, 1.82) is 0 Å². The second kappa shape index (κ2) is 6.72. The third-order valence-corrected chi connectivity index (χ3v) is 5.23. The zero-order chi connectivity index (χ0) is 18.3. The number of hydrogen-bond acceptors (Lipinski definition) is 4. The number of nitrogens with zero attached hydrogens (tertiary/aromatic N) is 4. The monoisotopic (exact) mass is 414 g/mol. The molecule has 6 nitrogen and oxygen atoms in total. The molecular formula is C19H19BrN4O2. The first-order valence-corrected chi connectivity index (χ1v) is 9.34. The summed E-state index contributed by atoms with van der Waals surface area (Å²) in [5, 5.41) is 7.84. The van der Waals surface area contributed by atoms with Gasteiger partial charge < -0.3 is 4.74 Å². The predicted octanol–water partition coefficient (Wildman–Crippen LogP) is 3.49. The molecule has 2 aromatic carbocycles. The number of rotatable bonds is 5. The van der Waals surface area contributed by atoms with Gasteiger partial charge in [-0.1, -0.05) is 18.2 Å². The molecule has 0 atom stereocenters. The van der Waals surface area contributed by atoms with E-state index in [-0.39, 0.29) is 5.69 Å². The van der Waals surface area contributed by atoms with Gasteiger partial charge in [0.25, 0.3) is 0 Å². The van der Waals surface area contributed by atoms with E-state index in [4.69, 9.17) is 4.74 Å². The average molecular weight is 415 g/mol. The summed E-state index contributed by atoms with van der Waals surface area (Å²) in [5.74, 6) is 1.31. The van der Waals surface area contributed by atoms with E-state index >= 15 is 0 Å². The molecule has 0 unspecified atom stereocenters. The van der Waals surface area contributed by atoms with Crippen molar-refractivity contribution in [3.05, 3.63) is 68.0 Å². The molecule has 0 aliphatic heterocycles. The summed E-state index contributed by atoms with van der Waals surface area (Å²) >= 11 is 3.55. The maximum absolute atomic E-state index is 12.3. The van der Waals surface area contributed by atoms with Crippen LogP contribution in [0, 0.1) is 6.92 Å². The van der Waals surface area contributed by atoms with E-state index in [1.165, 1.54) is 27.8 Å². The van der Waals surface area contributed by atoms with E-state index in [0.717, 1.165) is 27.0 Å². The van der Waals surface area contributed by atoms with Gasteiger partial charge in [0.05, 0.1) is 10.2 Å². The van der Waals surface area contributed by atoms with Crippen LogP contribution in [0.1, 0.15) is 35.4 Å². The highest BCUT2D eigenvalue weighted by atomic mass is 79.9. The Balaban J connectivity index is 1.73. The molecule has 1 aliphatic carbocycles. The van der Waals surface area contributed by atoms with Gasteiger partial charge in [0.1, 0.15) is 12.4 Å². The first-order chi connectivity index (χ1) is 12.5. The first kappa shape index (κ1) is 17.0. The molecule has 0 N–H and O–H groups in total. The van der Waals surface area contributed by atoms with E-state index in [0.29, 0.717) is 12.5 Å². The molecule has 1 aliphatic rings. The van der Waals surface area contributed by atoms with Gasteiger partial charge in [-0.05, 0) is 81.4 Å². The van der Waals surface area contributed by atoms with Crippen molar-refractivity contribution in [3.63, 3.8) is 0 Å². The predicted molar refractivity (Wildman–Crippen MR) is 102 cm³/mol. The molecule has 1 saturated carbocycles. The van der Waals surface area contributed by atoms with Crippen LogP contribution < -0.4 is 10.4 Å². The number of benzene rings is 2. The van der Waals surface area contributed by atoms with Crippen LogP contribution in [-0.4, -0.2) is 19.8 Å². The Hall–Kier alpha value is -2.41. The van der Waals surface area contributed by atoms with E-state index in [2.05, 4.69) is 32.4 Å². The van der Waals surface area contributed by atoms with E-state index in [9.17, 15) is 4.79 Å². The molecule has 0 amide bonds. The summed E-state index contributed by atoms with van der Waals surface area (Å²) < 4.78 is 9.57. The van der Waals surface area contributed by atoms with Gasteiger partial charge in [-0.15, -0.1) is 0 Å². The molecule has 0 saturated heterocycles. The number of aryl methyl sites for hydroxylation is 2. The summed E-state index contributed by atoms with van der Waals surface area (Å²) in [6.45, 7) is 2.40. The fraction of sp³-hybridized carbons (Fsp3) is 0.316. The summed E-state index contributed by atoms with van der Waals surface area (Å²) in [5.41, 5.74) is 3.84. The quantitative estimate of drug-likeness (QED) is 0.640. The highest BCUT2D eigenvalue weighted by Gasteiger charge is 2.28. The van der Waals surface area contributed by atoms with Crippen molar-refractivity contribution < 1.29 is 4.74 Å². The second-order valence-corrected chi connectivity index (χ2v) is 7.49. The van der Waals surface area contributed by atoms with Crippen LogP contribution in [0.15, 0.2) is 45.7 Å². The van der Waals surface area contributed by atoms with Crippen LogP contribution >= 0.6 is 15.9 Å². The lowest BCUT2D eigenvalue weighted by Crippen LogP contribution is -2.23. The van der Waals surface area contributed by atoms with Gasteiger partial charge in [0, 0.05) is 12.6 Å². The largest absolute Gasteiger partial charge is 0.488 e. The van der Waals surface area contributed by atoms with E-state index < -0.39 is 0 Å². The molecule has 1 heterocycles. The Morgan fingerprint density at radius 1 is 1.23 bits per heavy atom. The standard InChI is InChI=1S/C19H19BrN4O2/c1-12-6-9-18(16(20)10-12)26-11-15-14(13-7-8-13)4-3-5-17(15)24-19(25)23(2)21-22-24/h3-6,9-10,13H,7-8,11H2,1-2H3. The molecule has 0 bridgehead atoms. The Morgan fingerprint density at radius 2 is 2.04 bits per heavy atom. The van der Waals surface area contributed by atoms with Gasteiger partial charge >= 0.3 is 5.69 Å².